The van der Waals surface area contributed by atoms with Crippen molar-refractivity contribution in [3.05, 3.63) is 36.0 Å². The van der Waals surface area contributed by atoms with E-state index in [-0.39, 0.29) is 48.6 Å². The lowest BCUT2D eigenvalue weighted by Crippen LogP contribution is -2.60. The Bertz CT molecular complexity index is 2160. The minimum absolute atomic E-state index is 0.00126. The first-order valence-electron chi connectivity index (χ1n) is 20.1. The molecule has 1 aromatic carbocycles. The molecule has 2 aromatic rings. The van der Waals surface area contributed by atoms with Gasteiger partial charge in [-0.2, -0.15) is 13.2 Å². The van der Waals surface area contributed by atoms with Gasteiger partial charge >= 0.3 is 12.3 Å². The summed E-state index contributed by atoms with van der Waals surface area (Å²) in [6.07, 6.45) is -2.89. The van der Waals surface area contributed by atoms with Gasteiger partial charge in [-0.1, -0.05) is 19.1 Å². The number of amides is 4. The van der Waals surface area contributed by atoms with E-state index >= 15 is 0 Å². The number of aromatic nitrogens is 2. The molecule has 2 aliphatic heterocycles. The third kappa shape index (κ3) is 9.97. The Balaban J connectivity index is 1.41. The average molecular weight is 885 g/mol. The van der Waals surface area contributed by atoms with Gasteiger partial charge in [-0.15, -0.1) is 0 Å². The lowest BCUT2D eigenvalue weighted by Gasteiger charge is -2.34. The number of carbonyl (C=O) groups is 4. The summed E-state index contributed by atoms with van der Waals surface area (Å²) in [5, 5.41) is 5.32. The van der Waals surface area contributed by atoms with Crippen LogP contribution in [0.5, 0.6) is 11.6 Å². The summed E-state index contributed by atoms with van der Waals surface area (Å²) < 4.78 is 106. The monoisotopic (exact) mass is 884 g/mol. The number of halogens is 4. The van der Waals surface area contributed by atoms with Gasteiger partial charge in [0.05, 0.1) is 31.3 Å². The van der Waals surface area contributed by atoms with Crippen molar-refractivity contribution in [1.82, 2.24) is 30.2 Å². The second-order valence-electron chi connectivity index (χ2n) is 17.4. The summed E-state index contributed by atoms with van der Waals surface area (Å²) >= 11 is 0. The number of benzene rings is 1. The van der Waals surface area contributed by atoms with Crippen LogP contribution in [0.15, 0.2) is 30.4 Å². The van der Waals surface area contributed by atoms with E-state index in [1.54, 1.807) is 32.9 Å². The number of fused-ring (bicyclic) bond motifs is 3. The standard InChI is InChI=1S/C40H52F4N6O10S/c1-22-9-7-8-10-24-18-39(24,35(53)49-61(55,56)38(21-41)13-14-38)48-32(51)29-17-26(59-33-31(40(42,43)44)45-27-12-11-25(58-6)16-28(27)46-33)19-50(29)34(52)30(23(15-22)20-57-5)47-36(54)60-37(2,3)4/h8,10-12,16,22-24,26,29-30H,7,9,13-15,17-21H2,1-6H3,(H,47,54)(H,48,51)(H,49,53)/b10-8-/t22-,23+,24-,26-,29+,30+,39-/m1/s1. The lowest BCUT2D eigenvalue weighted by molar-refractivity contribution is -0.143. The van der Waals surface area contributed by atoms with E-state index in [9.17, 15) is 45.2 Å². The van der Waals surface area contributed by atoms with E-state index in [4.69, 9.17) is 18.9 Å². The number of alkyl halides is 4. The number of methoxy groups -OCH3 is 2. The molecule has 21 heteroatoms. The van der Waals surface area contributed by atoms with Crippen LogP contribution < -0.4 is 24.8 Å². The first-order chi connectivity index (χ1) is 28.5. The highest BCUT2D eigenvalue weighted by molar-refractivity contribution is 7.91. The Labute approximate surface area is 350 Å². The molecule has 16 nitrogen and oxygen atoms in total. The van der Waals surface area contributed by atoms with Crippen molar-refractivity contribution >= 4 is 44.9 Å². The maximum atomic E-state index is 15.0. The molecule has 2 saturated carbocycles. The van der Waals surface area contributed by atoms with Crippen molar-refractivity contribution in [2.24, 2.45) is 17.8 Å². The Kier molecular flexibility index (Phi) is 12.9. The van der Waals surface area contributed by atoms with Crippen molar-refractivity contribution < 1.29 is 64.1 Å². The molecular formula is C40H52F4N6O10S. The van der Waals surface area contributed by atoms with E-state index < -0.39 is 117 Å². The van der Waals surface area contributed by atoms with Crippen LogP contribution in [0.25, 0.3) is 11.0 Å². The van der Waals surface area contributed by atoms with Crippen LogP contribution in [-0.4, -0.2) is 115 Å². The summed E-state index contributed by atoms with van der Waals surface area (Å²) in [6, 6.07) is 1.14. The number of nitrogens with zero attached hydrogens (tertiary/aromatic N) is 3. The van der Waals surface area contributed by atoms with Crippen molar-refractivity contribution in [2.45, 2.75) is 113 Å². The molecule has 2 aliphatic carbocycles. The maximum Gasteiger partial charge on any atom is 0.438 e. The molecule has 3 fully saturated rings. The molecule has 3 N–H and O–H groups in total. The van der Waals surface area contributed by atoms with Crippen LogP contribution in [0.1, 0.15) is 78.3 Å². The zero-order chi connectivity index (χ0) is 44.7. The number of allylic oxidation sites excluding steroid dienone is 1. The molecule has 7 atom stereocenters. The zero-order valence-corrected chi connectivity index (χ0v) is 35.6. The second kappa shape index (κ2) is 17.2. The average Bonchev–Trinajstić information content (AvgIpc) is 4.08. The predicted molar refractivity (Wildman–Crippen MR) is 210 cm³/mol. The fourth-order valence-corrected chi connectivity index (χ4v) is 9.38. The molecule has 1 saturated heterocycles. The molecule has 4 aliphatic rings. The van der Waals surface area contributed by atoms with Gasteiger partial charge in [0.15, 0.2) is 0 Å². The summed E-state index contributed by atoms with van der Waals surface area (Å²) in [4.78, 5) is 65.7. The van der Waals surface area contributed by atoms with Crippen LogP contribution in [-0.2, 0) is 40.1 Å². The molecule has 4 amide bonds. The van der Waals surface area contributed by atoms with Gasteiger partial charge in [0.1, 0.15) is 46.5 Å². The third-order valence-corrected chi connectivity index (χ3v) is 13.7. The predicted octanol–water partition coefficient (Wildman–Crippen LogP) is 4.36. The molecular weight excluding hydrogens is 833 g/mol. The fraction of sp³-hybridized carbons (Fsp3) is 0.650. The highest BCUT2D eigenvalue weighted by Crippen LogP contribution is 2.48. The van der Waals surface area contributed by atoms with Crippen LogP contribution in [0.2, 0.25) is 0 Å². The van der Waals surface area contributed by atoms with Crippen LogP contribution in [0.4, 0.5) is 22.4 Å². The number of alkyl carbamates (subject to hydrolysis) is 1. The molecule has 6 rings (SSSR count). The fourth-order valence-electron chi connectivity index (χ4n) is 7.95. The molecule has 0 unspecified atom stereocenters. The molecule has 336 valence electrons. The summed E-state index contributed by atoms with van der Waals surface area (Å²) in [6.45, 7) is 5.08. The highest BCUT2D eigenvalue weighted by Gasteiger charge is 2.64. The molecule has 0 bridgehead atoms. The van der Waals surface area contributed by atoms with Crippen LogP contribution in [0.3, 0.4) is 0 Å². The number of hydrogen-bond acceptors (Lipinski definition) is 12. The van der Waals surface area contributed by atoms with Gasteiger partial charge in [0, 0.05) is 31.4 Å². The highest BCUT2D eigenvalue weighted by atomic mass is 32.2. The van der Waals surface area contributed by atoms with Crippen molar-refractivity contribution in [2.75, 3.05) is 34.0 Å². The summed E-state index contributed by atoms with van der Waals surface area (Å²) in [5.74, 6) is -5.00. The molecule has 61 heavy (non-hydrogen) atoms. The maximum absolute atomic E-state index is 15.0. The van der Waals surface area contributed by atoms with Gasteiger partial charge in [-0.05, 0) is 77.3 Å². The number of sulfonamides is 1. The molecule has 0 radical (unpaired) electrons. The SMILES string of the molecule is COC[C@@H]1C[C@H](C)CC/C=C\[C@@H]2C[C@@]2(C(=O)NS(=O)(=O)C2(CF)CC2)NC(=O)[C@@H]2C[C@@H](Oc3nc4cc(OC)ccc4nc3C(F)(F)F)CN2C(=O)[C@H]1NC(=O)OC(C)(C)C. The van der Waals surface area contributed by atoms with Gasteiger partial charge in [0.25, 0.3) is 5.91 Å². The Morgan fingerprint density at radius 3 is 2.41 bits per heavy atom. The first kappa shape index (κ1) is 45.7. The zero-order valence-electron chi connectivity index (χ0n) is 34.8. The van der Waals surface area contributed by atoms with Crippen molar-refractivity contribution in [3.63, 3.8) is 0 Å². The number of carbonyl (C=O) groups excluding carboxylic acids is 4. The van der Waals surface area contributed by atoms with E-state index in [1.807, 2.05) is 11.6 Å². The first-order valence-corrected chi connectivity index (χ1v) is 21.5. The van der Waals surface area contributed by atoms with Crippen LogP contribution >= 0.6 is 0 Å². The third-order valence-electron chi connectivity index (χ3n) is 11.5. The van der Waals surface area contributed by atoms with E-state index in [1.165, 1.54) is 32.4 Å². The normalized spacial score (nSPS) is 28.6. The van der Waals surface area contributed by atoms with Gasteiger partial charge in [-0.3, -0.25) is 19.1 Å². The largest absolute Gasteiger partial charge is 0.497 e. The summed E-state index contributed by atoms with van der Waals surface area (Å²) in [7, 11) is -1.73. The topological polar surface area (TPSA) is 204 Å². The van der Waals surface area contributed by atoms with Gasteiger partial charge < -0.3 is 34.5 Å². The molecule has 1 aromatic heterocycles. The van der Waals surface area contributed by atoms with Crippen molar-refractivity contribution in [1.29, 1.82) is 0 Å². The Morgan fingerprint density at radius 1 is 1.07 bits per heavy atom. The number of ether oxygens (including phenoxy) is 4. The summed E-state index contributed by atoms with van der Waals surface area (Å²) in [5.41, 5.74) is -4.40. The van der Waals surface area contributed by atoms with Gasteiger partial charge in [-0.25, -0.2) is 27.6 Å². The van der Waals surface area contributed by atoms with Gasteiger partial charge in [0.2, 0.25) is 33.4 Å². The van der Waals surface area contributed by atoms with E-state index in [2.05, 4.69) is 20.6 Å². The van der Waals surface area contributed by atoms with Crippen molar-refractivity contribution in [3.8, 4) is 11.6 Å². The second-order valence-corrected chi connectivity index (χ2v) is 19.5. The lowest BCUT2D eigenvalue weighted by atomic mass is 9.87. The smallest absolute Gasteiger partial charge is 0.438 e. The number of hydrogen-bond donors (Lipinski definition) is 3. The molecule has 3 heterocycles. The minimum atomic E-state index is -5.05. The minimum Gasteiger partial charge on any atom is -0.497 e. The van der Waals surface area contributed by atoms with Crippen LogP contribution in [0, 0.1) is 17.8 Å². The quantitative estimate of drug-likeness (QED) is 0.225. The molecule has 0 spiro atoms. The Morgan fingerprint density at radius 2 is 1.79 bits per heavy atom. The number of rotatable bonds is 10. The van der Waals surface area contributed by atoms with E-state index in [0.717, 1.165) is 4.90 Å². The Hall–Kier alpha value is -4.79. The van der Waals surface area contributed by atoms with E-state index in [0.29, 0.717) is 19.3 Å². The number of nitrogens with one attached hydrogen (secondary N) is 3.